The van der Waals surface area contributed by atoms with E-state index in [4.69, 9.17) is 5.73 Å². The smallest absolute Gasteiger partial charge is 0.251 e. The second-order valence-electron chi connectivity index (χ2n) is 5.58. The van der Waals surface area contributed by atoms with Gasteiger partial charge in [0.1, 0.15) is 0 Å². The molecule has 4 nitrogen and oxygen atoms in total. The van der Waals surface area contributed by atoms with Crippen LogP contribution < -0.4 is 11.1 Å². The standard InChI is InChI=1S/C14H17N3OS/c1-14(5-2-6-14)8-16-12(18)9-3-4-10-11(7-9)19-13(15)17-10/h3-4,7H,2,5-6,8H2,1H3,(H2,15,17)(H,16,18). The highest BCUT2D eigenvalue weighted by Crippen LogP contribution is 2.39. The SMILES string of the molecule is CC1(CNC(=O)c2ccc3nc(N)sc3c2)CCC1. The number of carbonyl (C=O) groups is 1. The lowest BCUT2D eigenvalue weighted by Gasteiger charge is -2.38. The van der Waals surface area contributed by atoms with Crippen LogP contribution in [0.5, 0.6) is 0 Å². The van der Waals surface area contributed by atoms with Gasteiger partial charge in [0.25, 0.3) is 5.91 Å². The number of nitrogens with zero attached hydrogens (tertiary/aromatic N) is 1. The zero-order valence-corrected chi connectivity index (χ0v) is 11.7. The summed E-state index contributed by atoms with van der Waals surface area (Å²) in [6.07, 6.45) is 3.69. The van der Waals surface area contributed by atoms with E-state index in [1.54, 1.807) is 6.07 Å². The predicted octanol–water partition coefficient (Wildman–Crippen LogP) is 2.80. The van der Waals surface area contributed by atoms with Gasteiger partial charge in [-0.2, -0.15) is 0 Å². The predicted molar refractivity (Wildman–Crippen MR) is 78.3 cm³/mol. The minimum absolute atomic E-state index is 0.0120. The molecule has 0 radical (unpaired) electrons. The van der Waals surface area contributed by atoms with Crippen molar-refractivity contribution in [3.05, 3.63) is 23.8 Å². The third-order valence-electron chi connectivity index (χ3n) is 3.90. The van der Waals surface area contributed by atoms with Crippen molar-refractivity contribution < 1.29 is 4.79 Å². The molecule has 1 aromatic carbocycles. The van der Waals surface area contributed by atoms with E-state index >= 15 is 0 Å². The van der Waals surface area contributed by atoms with Gasteiger partial charge in [0.2, 0.25) is 0 Å². The number of fused-ring (bicyclic) bond motifs is 1. The third-order valence-corrected chi connectivity index (χ3v) is 4.75. The number of benzene rings is 1. The van der Waals surface area contributed by atoms with Crippen LogP contribution in [-0.2, 0) is 0 Å². The fourth-order valence-electron chi connectivity index (χ4n) is 2.44. The van der Waals surface area contributed by atoms with Gasteiger partial charge in [0.05, 0.1) is 10.2 Å². The second kappa shape index (κ2) is 4.49. The van der Waals surface area contributed by atoms with Crippen molar-refractivity contribution >= 4 is 32.6 Å². The maximum absolute atomic E-state index is 12.1. The molecule has 3 N–H and O–H groups in total. The topological polar surface area (TPSA) is 68.0 Å². The first-order chi connectivity index (χ1) is 9.06. The summed E-state index contributed by atoms with van der Waals surface area (Å²) in [5.74, 6) is -0.0120. The summed E-state index contributed by atoms with van der Waals surface area (Å²) >= 11 is 1.41. The minimum atomic E-state index is -0.0120. The number of aromatic nitrogens is 1. The second-order valence-corrected chi connectivity index (χ2v) is 6.64. The Labute approximate surface area is 116 Å². The van der Waals surface area contributed by atoms with Gasteiger partial charge in [-0.05, 0) is 36.5 Å². The maximum atomic E-state index is 12.1. The molecule has 0 aliphatic heterocycles. The number of hydrogen-bond acceptors (Lipinski definition) is 4. The third kappa shape index (κ3) is 2.42. The van der Waals surface area contributed by atoms with Gasteiger partial charge >= 0.3 is 0 Å². The number of thiazole rings is 1. The summed E-state index contributed by atoms with van der Waals surface area (Å²) < 4.78 is 0.958. The monoisotopic (exact) mass is 275 g/mol. The lowest BCUT2D eigenvalue weighted by molar-refractivity contribution is 0.0891. The maximum Gasteiger partial charge on any atom is 0.251 e. The summed E-state index contributed by atoms with van der Waals surface area (Å²) in [5, 5.41) is 3.56. The summed E-state index contributed by atoms with van der Waals surface area (Å²) in [6.45, 7) is 2.98. The number of nitrogens with two attached hydrogens (primary N) is 1. The van der Waals surface area contributed by atoms with Crippen molar-refractivity contribution in [2.24, 2.45) is 5.41 Å². The van der Waals surface area contributed by atoms with Crippen molar-refractivity contribution in [2.45, 2.75) is 26.2 Å². The van der Waals surface area contributed by atoms with Crippen LogP contribution in [0.25, 0.3) is 10.2 Å². The highest BCUT2D eigenvalue weighted by Gasteiger charge is 2.31. The van der Waals surface area contributed by atoms with Crippen LogP contribution in [0.2, 0.25) is 0 Å². The molecule has 2 aromatic rings. The quantitative estimate of drug-likeness (QED) is 0.905. The molecule has 1 saturated carbocycles. The lowest BCUT2D eigenvalue weighted by atomic mass is 9.70. The fraction of sp³-hybridized carbons (Fsp3) is 0.429. The van der Waals surface area contributed by atoms with E-state index in [0.717, 1.165) is 16.8 Å². The van der Waals surface area contributed by atoms with E-state index < -0.39 is 0 Å². The Hall–Kier alpha value is -1.62. The molecule has 1 fully saturated rings. The van der Waals surface area contributed by atoms with Crippen LogP contribution in [0.1, 0.15) is 36.5 Å². The zero-order valence-electron chi connectivity index (χ0n) is 10.9. The first-order valence-electron chi connectivity index (χ1n) is 6.50. The molecule has 1 aliphatic carbocycles. The van der Waals surface area contributed by atoms with Crippen molar-refractivity contribution in [1.29, 1.82) is 0 Å². The molecule has 1 aromatic heterocycles. The van der Waals surface area contributed by atoms with Crippen molar-refractivity contribution in [2.75, 3.05) is 12.3 Å². The number of carbonyl (C=O) groups excluding carboxylic acids is 1. The van der Waals surface area contributed by atoms with Crippen LogP contribution in [-0.4, -0.2) is 17.4 Å². The van der Waals surface area contributed by atoms with E-state index in [2.05, 4.69) is 17.2 Å². The molecule has 0 spiro atoms. The lowest BCUT2D eigenvalue weighted by Crippen LogP contribution is -2.39. The molecule has 0 saturated heterocycles. The molecular formula is C14H17N3OS. The van der Waals surface area contributed by atoms with Crippen molar-refractivity contribution in [1.82, 2.24) is 10.3 Å². The molecule has 0 atom stereocenters. The molecule has 0 unspecified atom stereocenters. The van der Waals surface area contributed by atoms with E-state index in [0.29, 0.717) is 16.1 Å². The molecule has 1 amide bonds. The molecule has 100 valence electrons. The molecule has 19 heavy (non-hydrogen) atoms. The Kier molecular flexibility index (Phi) is 2.93. The Morgan fingerprint density at radius 2 is 2.32 bits per heavy atom. The molecular weight excluding hydrogens is 258 g/mol. The van der Waals surface area contributed by atoms with Gasteiger partial charge in [-0.3, -0.25) is 4.79 Å². The molecule has 3 rings (SSSR count). The summed E-state index contributed by atoms with van der Waals surface area (Å²) in [5.41, 5.74) is 7.50. The Balaban J connectivity index is 1.73. The largest absolute Gasteiger partial charge is 0.375 e. The number of nitrogen functional groups attached to an aromatic ring is 1. The van der Waals surface area contributed by atoms with Gasteiger partial charge < -0.3 is 11.1 Å². The number of rotatable bonds is 3. The first-order valence-corrected chi connectivity index (χ1v) is 7.32. The van der Waals surface area contributed by atoms with Gasteiger partial charge in [-0.1, -0.05) is 24.7 Å². The average molecular weight is 275 g/mol. The normalized spacial score (nSPS) is 17.1. The Bertz CT molecular complexity index is 631. The minimum Gasteiger partial charge on any atom is -0.375 e. The van der Waals surface area contributed by atoms with Gasteiger partial charge in [0, 0.05) is 12.1 Å². The van der Waals surface area contributed by atoms with Crippen LogP contribution in [0.4, 0.5) is 5.13 Å². The molecule has 0 bridgehead atoms. The number of hydrogen-bond donors (Lipinski definition) is 2. The van der Waals surface area contributed by atoms with Gasteiger partial charge in [-0.15, -0.1) is 0 Å². The summed E-state index contributed by atoms with van der Waals surface area (Å²) in [4.78, 5) is 16.3. The highest BCUT2D eigenvalue weighted by molar-refractivity contribution is 7.22. The Morgan fingerprint density at radius 1 is 1.53 bits per heavy atom. The molecule has 5 heteroatoms. The zero-order chi connectivity index (χ0) is 13.5. The van der Waals surface area contributed by atoms with E-state index in [9.17, 15) is 4.79 Å². The van der Waals surface area contributed by atoms with Crippen LogP contribution >= 0.6 is 11.3 Å². The number of nitrogens with one attached hydrogen (secondary N) is 1. The average Bonchev–Trinajstić information content (AvgIpc) is 2.72. The van der Waals surface area contributed by atoms with E-state index in [1.165, 1.54) is 30.6 Å². The summed E-state index contributed by atoms with van der Waals surface area (Å²) in [7, 11) is 0. The number of anilines is 1. The van der Waals surface area contributed by atoms with Crippen molar-refractivity contribution in [3.63, 3.8) is 0 Å². The van der Waals surface area contributed by atoms with Crippen LogP contribution in [0.15, 0.2) is 18.2 Å². The van der Waals surface area contributed by atoms with E-state index in [-0.39, 0.29) is 5.91 Å². The van der Waals surface area contributed by atoms with Crippen LogP contribution in [0, 0.1) is 5.41 Å². The van der Waals surface area contributed by atoms with Crippen LogP contribution in [0.3, 0.4) is 0 Å². The highest BCUT2D eigenvalue weighted by atomic mass is 32.1. The summed E-state index contributed by atoms with van der Waals surface area (Å²) in [6, 6.07) is 5.52. The van der Waals surface area contributed by atoms with Gasteiger partial charge in [0.15, 0.2) is 5.13 Å². The van der Waals surface area contributed by atoms with Crippen molar-refractivity contribution in [3.8, 4) is 0 Å². The first kappa shape index (κ1) is 12.4. The molecule has 1 aliphatic rings. The van der Waals surface area contributed by atoms with E-state index in [1.807, 2.05) is 12.1 Å². The van der Waals surface area contributed by atoms with Gasteiger partial charge in [-0.25, -0.2) is 4.98 Å². The fourth-order valence-corrected chi connectivity index (χ4v) is 3.21. The Morgan fingerprint density at radius 3 is 3.00 bits per heavy atom. The number of amides is 1. The molecule has 1 heterocycles.